The van der Waals surface area contributed by atoms with Crippen LogP contribution in [0.2, 0.25) is 0 Å². The fourth-order valence-electron chi connectivity index (χ4n) is 3.18. The van der Waals surface area contributed by atoms with Crippen LogP contribution in [0, 0.1) is 11.7 Å². The van der Waals surface area contributed by atoms with Crippen molar-refractivity contribution >= 4 is 27.5 Å². The van der Waals surface area contributed by atoms with Crippen molar-refractivity contribution in [2.24, 2.45) is 5.92 Å². The molecular weight excluding hydrogens is 373 g/mol. The average Bonchev–Trinajstić information content (AvgIpc) is 3.12. The van der Waals surface area contributed by atoms with Crippen LogP contribution < -0.4 is 5.32 Å². The normalized spacial score (nSPS) is 13.6. The van der Waals surface area contributed by atoms with Gasteiger partial charge in [-0.05, 0) is 42.7 Å². The van der Waals surface area contributed by atoms with Gasteiger partial charge >= 0.3 is 0 Å². The van der Waals surface area contributed by atoms with Gasteiger partial charge in [0.15, 0.2) is 0 Å². The molecule has 0 aliphatic rings. The van der Waals surface area contributed by atoms with E-state index in [0.717, 1.165) is 20.8 Å². The minimum absolute atomic E-state index is 0.000446. The van der Waals surface area contributed by atoms with E-state index in [1.807, 2.05) is 38.2 Å². The second kappa shape index (κ2) is 8.80. The van der Waals surface area contributed by atoms with Crippen LogP contribution in [0.3, 0.4) is 0 Å². The summed E-state index contributed by atoms with van der Waals surface area (Å²) in [6.07, 6.45) is 0. The molecule has 2 aromatic carbocycles. The van der Waals surface area contributed by atoms with Gasteiger partial charge in [0.05, 0.1) is 22.8 Å². The zero-order valence-electron chi connectivity index (χ0n) is 16.6. The molecule has 0 aliphatic heterocycles. The van der Waals surface area contributed by atoms with Gasteiger partial charge in [0.2, 0.25) is 5.91 Å². The quantitative estimate of drug-likeness (QED) is 0.612. The lowest BCUT2D eigenvalue weighted by Gasteiger charge is -2.27. The summed E-state index contributed by atoms with van der Waals surface area (Å²) in [5.74, 6) is 0.0106. The Morgan fingerprint density at radius 1 is 1.14 bits per heavy atom. The van der Waals surface area contributed by atoms with Crippen LogP contribution in [0.4, 0.5) is 4.39 Å². The Morgan fingerprint density at radius 2 is 1.82 bits per heavy atom. The Balaban J connectivity index is 1.66. The van der Waals surface area contributed by atoms with Crippen molar-refractivity contribution in [2.45, 2.75) is 32.9 Å². The van der Waals surface area contributed by atoms with Crippen LogP contribution >= 0.6 is 11.3 Å². The van der Waals surface area contributed by atoms with Gasteiger partial charge in [-0.3, -0.25) is 4.79 Å². The fourth-order valence-corrected chi connectivity index (χ4v) is 4.24. The van der Waals surface area contributed by atoms with Gasteiger partial charge in [0.25, 0.3) is 0 Å². The van der Waals surface area contributed by atoms with Crippen LogP contribution in [-0.2, 0) is 4.79 Å². The second-order valence-electron chi connectivity index (χ2n) is 7.35. The fraction of sp³-hybridized carbons (Fsp3) is 0.364. The number of para-hydroxylation sites is 1. The van der Waals surface area contributed by atoms with Crippen molar-refractivity contribution in [3.63, 3.8) is 0 Å². The highest BCUT2D eigenvalue weighted by molar-refractivity contribution is 7.18. The summed E-state index contributed by atoms with van der Waals surface area (Å²) in [5.41, 5.74) is 1.94. The number of benzene rings is 2. The van der Waals surface area contributed by atoms with Crippen LogP contribution in [0.5, 0.6) is 0 Å². The number of aromatic nitrogens is 1. The van der Waals surface area contributed by atoms with Gasteiger partial charge in [-0.2, -0.15) is 0 Å². The van der Waals surface area contributed by atoms with Gasteiger partial charge in [-0.1, -0.05) is 38.1 Å². The van der Waals surface area contributed by atoms with Crippen LogP contribution in [0.25, 0.3) is 10.2 Å². The number of rotatable bonds is 7. The molecule has 1 N–H and O–H groups in total. The molecule has 0 saturated carbocycles. The molecule has 0 spiro atoms. The number of carbonyl (C=O) groups is 1. The Hall–Kier alpha value is -2.31. The van der Waals surface area contributed by atoms with Gasteiger partial charge in [-0.15, -0.1) is 11.3 Å². The molecule has 3 rings (SSSR count). The Labute approximate surface area is 169 Å². The lowest BCUT2D eigenvalue weighted by molar-refractivity contribution is -0.131. The topological polar surface area (TPSA) is 45.2 Å². The SMILES string of the molecule is CC(C)[C@H](NCC(=O)N(C)[C@@H](C)c1nc2ccccc2s1)c1ccc(F)cc1. The maximum Gasteiger partial charge on any atom is 0.236 e. The lowest BCUT2D eigenvalue weighted by atomic mass is 9.96. The molecule has 0 unspecified atom stereocenters. The van der Waals surface area contributed by atoms with E-state index in [4.69, 9.17) is 0 Å². The van der Waals surface area contributed by atoms with E-state index in [0.29, 0.717) is 0 Å². The van der Waals surface area contributed by atoms with Crippen LogP contribution in [-0.4, -0.2) is 29.4 Å². The molecule has 6 heteroatoms. The van der Waals surface area contributed by atoms with Gasteiger partial charge in [-0.25, -0.2) is 9.37 Å². The predicted octanol–water partition coefficient (Wildman–Crippen LogP) is 4.94. The molecule has 1 amide bonds. The van der Waals surface area contributed by atoms with E-state index in [1.165, 1.54) is 12.1 Å². The molecular formula is C22H26FN3OS. The summed E-state index contributed by atoms with van der Waals surface area (Å²) < 4.78 is 14.3. The number of hydrogen-bond donors (Lipinski definition) is 1. The molecule has 3 aromatic rings. The number of thiazole rings is 1. The number of halogens is 1. The highest BCUT2D eigenvalue weighted by Gasteiger charge is 2.22. The van der Waals surface area contributed by atoms with Gasteiger partial charge in [0.1, 0.15) is 10.8 Å². The third-order valence-corrected chi connectivity index (χ3v) is 6.22. The van der Waals surface area contributed by atoms with Gasteiger partial charge < -0.3 is 10.2 Å². The molecule has 28 heavy (non-hydrogen) atoms. The second-order valence-corrected chi connectivity index (χ2v) is 8.42. The summed E-state index contributed by atoms with van der Waals surface area (Å²) in [5, 5.41) is 4.26. The van der Waals surface area contributed by atoms with Crippen molar-refractivity contribution in [3.05, 3.63) is 64.9 Å². The molecule has 148 valence electrons. The van der Waals surface area contributed by atoms with Crippen molar-refractivity contribution in [3.8, 4) is 0 Å². The summed E-state index contributed by atoms with van der Waals surface area (Å²) in [6, 6.07) is 14.3. The van der Waals surface area contributed by atoms with E-state index in [2.05, 4.69) is 24.1 Å². The minimum atomic E-state index is -0.258. The molecule has 2 atom stereocenters. The Morgan fingerprint density at radius 3 is 2.46 bits per heavy atom. The summed E-state index contributed by atoms with van der Waals surface area (Å²) in [6.45, 7) is 6.37. The number of likely N-dealkylation sites (N-methyl/N-ethyl adjacent to an activating group) is 1. The first-order chi connectivity index (χ1) is 13.4. The third-order valence-electron chi connectivity index (χ3n) is 5.01. The predicted molar refractivity (Wildman–Crippen MR) is 113 cm³/mol. The number of nitrogens with one attached hydrogen (secondary N) is 1. The lowest BCUT2D eigenvalue weighted by Crippen LogP contribution is -2.39. The highest BCUT2D eigenvalue weighted by atomic mass is 32.1. The molecule has 0 fully saturated rings. The maximum absolute atomic E-state index is 13.2. The largest absolute Gasteiger partial charge is 0.335 e. The zero-order valence-corrected chi connectivity index (χ0v) is 17.5. The first kappa shape index (κ1) is 20.4. The number of nitrogens with zero attached hydrogens (tertiary/aromatic N) is 2. The van der Waals surface area contributed by atoms with Crippen LogP contribution in [0.15, 0.2) is 48.5 Å². The molecule has 4 nitrogen and oxygen atoms in total. The van der Waals surface area contributed by atoms with Crippen molar-refractivity contribution < 1.29 is 9.18 Å². The summed E-state index contributed by atoms with van der Waals surface area (Å²) in [4.78, 5) is 19.2. The van der Waals surface area contributed by atoms with E-state index in [-0.39, 0.29) is 36.3 Å². The molecule has 0 bridgehead atoms. The highest BCUT2D eigenvalue weighted by Crippen LogP contribution is 2.29. The Bertz CT molecular complexity index is 905. The average molecular weight is 400 g/mol. The minimum Gasteiger partial charge on any atom is -0.335 e. The van der Waals surface area contributed by atoms with E-state index in [1.54, 1.807) is 28.4 Å². The first-order valence-corrected chi connectivity index (χ1v) is 10.3. The van der Waals surface area contributed by atoms with E-state index < -0.39 is 0 Å². The van der Waals surface area contributed by atoms with Crippen LogP contribution in [0.1, 0.15) is 43.4 Å². The summed E-state index contributed by atoms with van der Waals surface area (Å²) in [7, 11) is 1.81. The maximum atomic E-state index is 13.2. The van der Waals surface area contributed by atoms with E-state index >= 15 is 0 Å². The summed E-state index contributed by atoms with van der Waals surface area (Å²) >= 11 is 1.62. The number of carbonyl (C=O) groups excluding carboxylic acids is 1. The third kappa shape index (κ3) is 4.56. The number of fused-ring (bicyclic) bond motifs is 1. The molecule has 1 heterocycles. The van der Waals surface area contributed by atoms with E-state index in [9.17, 15) is 9.18 Å². The smallest absolute Gasteiger partial charge is 0.236 e. The van der Waals surface area contributed by atoms with Crippen molar-refractivity contribution in [1.29, 1.82) is 0 Å². The zero-order chi connectivity index (χ0) is 20.3. The van der Waals surface area contributed by atoms with Crippen molar-refractivity contribution in [1.82, 2.24) is 15.2 Å². The Kier molecular flexibility index (Phi) is 6.42. The first-order valence-electron chi connectivity index (χ1n) is 9.46. The van der Waals surface area contributed by atoms with Crippen molar-refractivity contribution in [2.75, 3.05) is 13.6 Å². The number of hydrogen-bond acceptors (Lipinski definition) is 4. The standard InChI is InChI=1S/C22H26FN3OS/c1-14(2)21(16-9-11-17(23)12-10-16)24-13-20(27)26(4)15(3)22-25-18-7-5-6-8-19(18)28-22/h5-12,14-15,21,24H,13H2,1-4H3/t15-,21-/m0/s1. The van der Waals surface area contributed by atoms with Gasteiger partial charge in [0, 0.05) is 13.1 Å². The monoisotopic (exact) mass is 399 g/mol. The molecule has 0 saturated heterocycles. The molecule has 0 aliphatic carbocycles. The molecule has 1 aromatic heterocycles. The molecule has 0 radical (unpaired) electrons. The number of amides is 1.